The van der Waals surface area contributed by atoms with Gasteiger partial charge in [0.15, 0.2) is 0 Å². The topological polar surface area (TPSA) is 0 Å². The van der Waals surface area contributed by atoms with Gasteiger partial charge >= 0.3 is 0 Å². The zero-order valence-corrected chi connectivity index (χ0v) is 21.9. The molecule has 0 atom stereocenters. The van der Waals surface area contributed by atoms with Crippen LogP contribution in [0.4, 0.5) is 0 Å². The molecule has 0 aromatic heterocycles. The minimum Gasteiger partial charge on any atom is -0.0683 e. The van der Waals surface area contributed by atoms with Crippen LogP contribution in [0.1, 0.15) is 76.3 Å². The Balaban J connectivity index is 0.000000652. The van der Waals surface area contributed by atoms with Crippen molar-refractivity contribution in [2.45, 2.75) is 65.7 Å². The Morgan fingerprint density at radius 2 is 0.912 bits per heavy atom. The van der Waals surface area contributed by atoms with Gasteiger partial charge in [-0.1, -0.05) is 139 Å². The standard InChI is InChI=1S/C30H26.2C2H6/c1-29(2)24-15-7-6-14-23(24)28-20(11-10-18-27(28)29)19-30(3)25-16-8-4-12-21(25)22-13-5-9-17-26(22)30;2*1-2/h4-18H,19H2,1-3H3;2*1-2H3. The van der Waals surface area contributed by atoms with E-state index >= 15 is 0 Å². The van der Waals surface area contributed by atoms with Crippen molar-refractivity contribution in [2.75, 3.05) is 0 Å². The van der Waals surface area contributed by atoms with E-state index in [1.54, 1.807) is 0 Å². The van der Waals surface area contributed by atoms with Crippen LogP contribution in [0, 0.1) is 0 Å². The van der Waals surface area contributed by atoms with Gasteiger partial charge in [-0.2, -0.15) is 0 Å². The molecule has 0 saturated carbocycles. The van der Waals surface area contributed by atoms with Gasteiger partial charge in [-0.3, -0.25) is 0 Å². The Hall–Kier alpha value is -3.12. The maximum Gasteiger partial charge on any atom is 0.0227 e. The zero-order chi connectivity index (χ0) is 24.5. The Morgan fingerprint density at radius 1 is 0.471 bits per heavy atom. The molecule has 0 nitrogen and oxygen atoms in total. The highest BCUT2D eigenvalue weighted by molar-refractivity contribution is 5.85. The van der Waals surface area contributed by atoms with Crippen LogP contribution >= 0.6 is 0 Å². The second-order valence-corrected chi connectivity index (χ2v) is 9.61. The highest BCUT2D eigenvalue weighted by atomic mass is 14.4. The van der Waals surface area contributed by atoms with Gasteiger partial charge in [-0.25, -0.2) is 0 Å². The summed E-state index contributed by atoms with van der Waals surface area (Å²) in [5.41, 5.74) is 13.0. The highest BCUT2D eigenvalue weighted by Crippen LogP contribution is 2.54. The molecule has 4 aromatic rings. The van der Waals surface area contributed by atoms with Crippen LogP contribution in [0.2, 0.25) is 0 Å². The normalized spacial score (nSPS) is 14.9. The fraction of sp³-hybridized carbons (Fsp3) is 0.294. The molecule has 0 spiro atoms. The van der Waals surface area contributed by atoms with E-state index in [2.05, 4.69) is 112 Å². The second kappa shape index (κ2) is 9.26. The third-order valence-corrected chi connectivity index (χ3v) is 7.57. The van der Waals surface area contributed by atoms with Crippen molar-refractivity contribution in [3.05, 3.63) is 119 Å². The average Bonchev–Trinajstić information content (AvgIpc) is 3.29. The molecular weight excluding hydrogens is 408 g/mol. The molecule has 0 amide bonds. The van der Waals surface area contributed by atoms with Crippen molar-refractivity contribution in [1.29, 1.82) is 0 Å². The van der Waals surface area contributed by atoms with Crippen LogP contribution in [0.15, 0.2) is 91.0 Å². The van der Waals surface area contributed by atoms with Gasteiger partial charge in [0.1, 0.15) is 0 Å². The molecule has 0 aliphatic heterocycles. The lowest BCUT2D eigenvalue weighted by molar-refractivity contribution is 0.582. The molecule has 2 aliphatic carbocycles. The van der Waals surface area contributed by atoms with Crippen LogP contribution in [0.25, 0.3) is 22.3 Å². The summed E-state index contributed by atoms with van der Waals surface area (Å²) in [4.78, 5) is 0. The summed E-state index contributed by atoms with van der Waals surface area (Å²) in [7, 11) is 0. The summed E-state index contributed by atoms with van der Waals surface area (Å²) >= 11 is 0. The van der Waals surface area contributed by atoms with Gasteiger partial charge in [0, 0.05) is 10.8 Å². The smallest absolute Gasteiger partial charge is 0.0227 e. The molecule has 2 aliphatic rings. The van der Waals surface area contributed by atoms with E-state index in [1.807, 2.05) is 27.7 Å². The number of hydrogen-bond acceptors (Lipinski definition) is 0. The Kier molecular flexibility index (Phi) is 6.54. The Morgan fingerprint density at radius 3 is 1.47 bits per heavy atom. The summed E-state index contributed by atoms with van der Waals surface area (Å²) < 4.78 is 0. The molecule has 6 rings (SSSR count). The third kappa shape index (κ3) is 3.43. The van der Waals surface area contributed by atoms with E-state index in [-0.39, 0.29) is 10.8 Å². The number of benzene rings is 4. The van der Waals surface area contributed by atoms with Gasteiger partial charge in [0.25, 0.3) is 0 Å². The van der Waals surface area contributed by atoms with Crippen molar-refractivity contribution in [2.24, 2.45) is 0 Å². The molecule has 0 radical (unpaired) electrons. The van der Waals surface area contributed by atoms with Gasteiger partial charge in [0.05, 0.1) is 0 Å². The van der Waals surface area contributed by atoms with Crippen molar-refractivity contribution >= 4 is 0 Å². The molecule has 0 saturated heterocycles. The summed E-state index contributed by atoms with van der Waals surface area (Å²) in [5.74, 6) is 0. The van der Waals surface area contributed by atoms with Gasteiger partial charge in [-0.05, 0) is 56.5 Å². The monoisotopic (exact) mass is 446 g/mol. The fourth-order valence-electron chi connectivity index (χ4n) is 6.09. The minimum absolute atomic E-state index is 0.0238. The first-order chi connectivity index (χ1) is 16.5. The average molecular weight is 447 g/mol. The molecule has 0 heterocycles. The van der Waals surface area contributed by atoms with Crippen molar-refractivity contribution in [1.82, 2.24) is 0 Å². The Bertz CT molecular complexity index is 1260. The quantitative estimate of drug-likeness (QED) is 0.287. The first kappa shape index (κ1) is 24.0. The van der Waals surface area contributed by atoms with E-state index in [4.69, 9.17) is 0 Å². The number of hydrogen-bond donors (Lipinski definition) is 0. The molecule has 4 aromatic carbocycles. The van der Waals surface area contributed by atoms with Crippen LogP contribution < -0.4 is 0 Å². The minimum atomic E-state index is -0.0238. The molecule has 0 unspecified atom stereocenters. The predicted octanol–water partition coefficient (Wildman–Crippen LogP) is 9.57. The number of fused-ring (bicyclic) bond motifs is 6. The lowest BCUT2D eigenvalue weighted by Crippen LogP contribution is -2.24. The summed E-state index contributed by atoms with van der Waals surface area (Å²) in [6, 6.07) is 33.9. The van der Waals surface area contributed by atoms with E-state index in [1.165, 1.54) is 50.1 Å². The summed E-state index contributed by atoms with van der Waals surface area (Å²) in [6.45, 7) is 15.2. The van der Waals surface area contributed by atoms with Crippen LogP contribution in [-0.2, 0) is 17.3 Å². The summed E-state index contributed by atoms with van der Waals surface area (Å²) in [5, 5.41) is 0. The van der Waals surface area contributed by atoms with E-state index in [9.17, 15) is 0 Å². The zero-order valence-electron chi connectivity index (χ0n) is 21.9. The van der Waals surface area contributed by atoms with E-state index in [0.717, 1.165) is 6.42 Å². The molecule has 0 heteroatoms. The lowest BCUT2D eigenvalue weighted by Gasteiger charge is -2.29. The maximum atomic E-state index is 2.43. The maximum absolute atomic E-state index is 2.43. The third-order valence-electron chi connectivity index (χ3n) is 7.57. The molecule has 174 valence electrons. The van der Waals surface area contributed by atoms with Gasteiger partial charge < -0.3 is 0 Å². The first-order valence-corrected chi connectivity index (χ1v) is 12.9. The molecule has 0 fully saturated rings. The molecular formula is C34H38. The van der Waals surface area contributed by atoms with Crippen molar-refractivity contribution < 1.29 is 0 Å². The molecule has 34 heavy (non-hydrogen) atoms. The molecule has 0 bridgehead atoms. The Labute approximate surface area is 206 Å². The van der Waals surface area contributed by atoms with Crippen LogP contribution in [0.5, 0.6) is 0 Å². The fourth-order valence-corrected chi connectivity index (χ4v) is 6.09. The largest absolute Gasteiger partial charge is 0.0683 e. The molecule has 0 N–H and O–H groups in total. The van der Waals surface area contributed by atoms with E-state index < -0.39 is 0 Å². The van der Waals surface area contributed by atoms with Gasteiger partial charge in [0.2, 0.25) is 0 Å². The SMILES string of the molecule is CC.CC.CC1(C)c2ccccc2-c2c(CC3(C)c4ccccc4-c4ccccc43)cccc21. The summed E-state index contributed by atoms with van der Waals surface area (Å²) in [6.07, 6.45) is 1.01. The van der Waals surface area contributed by atoms with Crippen LogP contribution in [-0.4, -0.2) is 0 Å². The van der Waals surface area contributed by atoms with Crippen molar-refractivity contribution in [3.63, 3.8) is 0 Å². The second-order valence-electron chi connectivity index (χ2n) is 9.61. The van der Waals surface area contributed by atoms with Crippen molar-refractivity contribution in [3.8, 4) is 22.3 Å². The van der Waals surface area contributed by atoms with Crippen LogP contribution in [0.3, 0.4) is 0 Å². The number of rotatable bonds is 2. The van der Waals surface area contributed by atoms with Gasteiger partial charge in [-0.15, -0.1) is 0 Å². The highest BCUT2D eigenvalue weighted by Gasteiger charge is 2.41. The first-order valence-electron chi connectivity index (χ1n) is 12.9. The van der Waals surface area contributed by atoms with E-state index in [0.29, 0.717) is 0 Å². The lowest BCUT2D eigenvalue weighted by atomic mass is 9.74. The predicted molar refractivity (Wildman–Crippen MR) is 149 cm³/mol.